The van der Waals surface area contributed by atoms with Gasteiger partial charge in [-0.25, -0.2) is 0 Å². The number of benzene rings is 2. The number of imide groups is 1. The maximum absolute atomic E-state index is 13.3. The van der Waals surface area contributed by atoms with Crippen LogP contribution in [0.25, 0.3) is 5.69 Å². The number of ether oxygens (including phenoxy) is 2. The number of halogens is 4. The van der Waals surface area contributed by atoms with E-state index in [1.165, 1.54) is 16.7 Å². The smallest absolute Gasteiger partial charge is 0.425 e. The summed E-state index contributed by atoms with van der Waals surface area (Å²) in [6.45, 7) is -0.168. The van der Waals surface area contributed by atoms with Gasteiger partial charge in [0.25, 0.3) is 5.91 Å². The van der Waals surface area contributed by atoms with Crippen molar-refractivity contribution >= 4 is 34.4 Å². The van der Waals surface area contributed by atoms with Crippen molar-refractivity contribution in [1.29, 1.82) is 0 Å². The maximum atomic E-state index is 13.3. The first-order valence-corrected chi connectivity index (χ1v) is 11.3. The summed E-state index contributed by atoms with van der Waals surface area (Å²) >= 11 is 1.87. The number of aliphatic hydroxyl groups excluding tert-OH is 1. The van der Waals surface area contributed by atoms with Crippen LogP contribution < -0.4 is 9.47 Å². The van der Waals surface area contributed by atoms with Gasteiger partial charge in [0.2, 0.25) is 5.91 Å². The van der Waals surface area contributed by atoms with E-state index < -0.39 is 27.9 Å². The lowest BCUT2D eigenvalue weighted by molar-refractivity contribution is -0.274. The number of hydrogen-bond donors (Lipinski definition) is 1. The number of carbonyl (C=O) groups is 2. The minimum absolute atomic E-state index is 0.0119. The first kappa shape index (κ1) is 24.0. The van der Waals surface area contributed by atoms with Gasteiger partial charge in [0.1, 0.15) is 21.1 Å². The van der Waals surface area contributed by atoms with Crippen molar-refractivity contribution in [2.75, 3.05) is 13.2 Å². The third-order valence-corrected chi connectivity index (χ3v) is 5.97. The van der Waals surface area contributed by atoms with Crippen LogP contribution in [0.15, 0.2) is 54.6 Å². The number of aromatic nitrogens is 2. The van der Waals surface area contributed by atoms with E-state index in [0.717, 1.165) is 17.0 Å². The van der Waals surface area contributed by atoms with Crippen LogP contribution in [-0.4, -0.2) is 50.9 Å². The average Bonchev–Trinajstić information content (AvgIpc) is 3.16. The van der Waals surface area contributed by atoms with Gasteiger partial charge in [-0.05, 0) is 30.7 Å². The van der Waals surface area contributed by atoms with Crippen LogP contribution in [0.3, 0.4) is 0 Å². The minimum Gasteiger partial charge on any atom is -0.425 e. The summed E-state index contributed by atoms with van der Waals surface area (Å²) in [6.07, 6.45) is -4.66. The predicted molar refractivity (Wildman–Crippen MR) is 121 cm³/mol. The highest BCUT2D eigenvalue weighted by Crippen LogP contribution is 2.39. The second-order valence-corrected chi connectivity index (χ2v) is 8.40. The number of fused-ring (bicyclic) bond motifs is 1. The van der Waals surface area contributed by atoms with Crippen molar-refractivity contribution in [2.45, 2.75) is 16.7 Å². The number of para-hydroxylation sites is 1. The molecule has 12 heteroatoms. The van der Waals surface area contributed by atoms with Gasteiger partial charge in [-0.1, -0.05) is 46.9 Å². The van der Waals surface area contributed by atoms with E-state index in [-0.39, 0.29) is 42.7 Å². The van der Waals surface area contributed by atoms with Gasteiger partial charge < -0.3 is 14.6 Å². The van der Waals surface area contributed by atoms with E-state index in [0.29, 0.717) is 5.69 Å². The fraction of sp³-hybridized carbons (Fsp3) is 0.227. The van der Waals surface area contributed by atoms with Crippen LogP contribution >= 0.6 is 22.6 Å². The molecule has 3 aromatic rings. The Balaban J connectivity index is 1.80. The molecule has 0 saturated heterocycles. The molecule has 2 heterocycles. The number of nitrogens with zero attached hydrogens (tertiary/aromatic N) is 3. The summed E-state index contributed by atoms with van der Waals surface area (Å²) in [5.74, 6) is -1.58. The molecule has 1 unspecified atom stereocenters. The van der Waals surface area contributed by atoms with Crippen molar-refractivity contribution in [1.82, 2.24) is 14.5 Å². The zero-order valence-corrected chi connectivity index (χ0v) is 19.5. The number of hydrogen-bond acceptors (Lipinski definition) is 6. The van der Waals surface area contributed by atoms with Crippen LogP contribution in [0.4, 0.5) is 13.2 Å². The van der Waals surface area contributed by atoms with Crippen molar-refractivity contribution in [3.8, 4) is 23.2 Å². The molecular weight excluding hydrogens is 570 g/mol. The largest absolute Gasteiger partial charge is 0.573 e. The molecule has 0 spiro atoms. The molecule has 0 bridgehead atoms. The molecule has 0 aliphatic carbocycles. The standard InChI is InChI=1S/C22H17F3IN3O5/c23-22(24,25)34-15-9-4-8-14(12-15)33-21-27-17-16(26)19(31)28(10-5-11-30)20(32)18(17)29(21)13-6-2-1-3-7-13/h1-4,6-9,12,16,30H,5,10-11H2. The molecular formula is C22H17F3IN3O5. The molecule has 2 aromatic carbocycles. The van der Waals surface area contributed by atoms with Gasteiger partial charge in [-0.3, -0.25) is 19.1 Å². The van der Waals surface area contributed by atoms with E-state index in [1.807, 2.05) is 22.6 Å². The molecule has 0 radical (unpaired) electrons. The molecule has 1 aliphatic heterocycles. The van der Waals surface area contributed by atoms with E-state index in [1.54, 1.807) is 30.3 Å². The molecule has 4 rings (SSSR count). The molecule has 0 fully saturated rings. The van der Waals surface area contributed by atoms with E-state index in [4.69, 9.17) is 9.84 Å². The lowest BCUT2D eigenvalue weighted by Gasteiger charge is -2.28. The maximum Gasteiger partial charge on any atom is 0.573 e. The highest BCUT2D eigenvalue weighted by Gasteiger charge is 2.43. The Labute approximate surface area is 205 Å². The van der Waals surface area contributed by atoms with Crippen LogP contribution in [0.2, 0.25) is 0 Å². The molecule has 1 atom stereocenters. The second-order valence-electron chi connectivity index (χ2n) is 7.16. The molecule has 1 aromatic heterocycles. The lowest BCUT2D eigenvalue weighted by atomic mass is 10.1. The Bertz CT molecular complexity index is 1220. The van der Waals surface area contributed by atoms with E-state index in [2.05, 4.69) is 9.72 Å². The van der Waals surface area contributed by atoms with Gasteiger partial charge in [0.15, 0.2) is 0 Å². The van der Waals surface area contributed by atoms with Crippen molar-refractivity contribution in [2.24, 2.45) is 0 Å². The van der Waals surface area contributed by atoms with Gasteiger partial charge in [-0.15, -0.1) is 13.2 Å². The number of rotatable bonds is 7. The van der Waals surface area contributed by atoms with Gasteiger partial charge >= 0.3 is 12.4 Å². The van der Waals surface area contributed by atoms with Crippen LogP contribution in [-0.2, 0) is 4.79 Å². The highest BCUT2D eigenvalue weighted by molar-refractivity contribution is 14.1. The quantitative estimate of drug-likeness (QED) is 0.250. The Kier molecular flexibility index (Phi) is 6.79. The number of amides is 2. The van der Waals surface area contributed by atoms with Gasteiger partial charge in [-0.2, -0.15) is 4.98 Å². The SMILES string of the molecule is O=C1c2c(nc(Oc3cccc(OC(F)(F)F)c3)n2-c2ccccc2)C(I)C(=O)N1CCCO. The summed E-state index contributed by atoms with van der Waals surface area (Å²) in [5, 5.41) is 9.16. The average molecular weight is 587 g/mol. The molecule has 1 aliphatic rings. The second kappa shape index (κ2) is 9.62. The summed E-state index contributed by atoms with van der Waals surface area (Å²) < 4.78 is 48.2. The fourth-order valence-corrected chi connectivity index (χ4v) is 4.22. The summed E-state index contributed by atoms with van der Waals surface area (Å²) in [6, 6.07) is 13.4. The Morgan fingerprint density at radius 3 is 2.44 bits per heavy atom. The number of carbonyl (C=O) groups excluding carboxylic acids is 2. The fourth-order valence-electron chi connectivity index (χ4n) is 3.45. The monoisotopic (exact) mass is 587 g/mol. The Morgan fingerprint density at radius 2 is 1.76 bits per heavy atom. The molecule has 178 valence electrons. The first-order valence-electron chi connectivity index (χ1n) is 10.0. The van der Waals surface area contributed by atoms with Gasteiger partial charge in [0, 0.05) is 19.2 Å². The molecule has 1 N–H and O–H groups in total. The Morgan fingerprint density at radius 1 is 1.06 bits per heavy atom. The predicted octanol–water partition coefficient (Wildman–Crippen LogP) is 4.40. The number of aliphatic hydroxyl groups is 1. The topological polar surface area (TPSA) is 93.9 Å². The van der Waals surface area contributed by atoms with Crippen molar-refractivity contribution < 1.29 is 37.3 Å². The van der Waals surface area contributed by atoms with Crippen LogP contribution in [0.5, 0.6) is 17.5 Å². The van der Waals surface area contributed by atoms with Crippen LogP contribution in [0, 0.1) is 0 Å². The van der Waals surface area contributed by atoms with Crippen LogP contribution in [0.1, 0.15) is 26.5 Å². The minimum atomic E-state index is -4.88. The zero-order chi connectivity index (χ0) is 24.5. The van der Waals surface area contributed by atoms with Crippen molar-refractivity contribution in [3.05, 3.63) is 66.0 Å². The zero-order valence-electron chi connectivity index (χ0n) is 17.3. The van der Waals surface area contributed by atoms with E-state index >= 15 is 0 Å². The Hall–Kier alpha value is -3.13. The normalized spacial score (nSPS) is 15.9. The number of imidazole rings is 1. The summed E-state index contributed by atoms with van der Waals surface area (Å²) in [7, 11) is 0. The summed E-state index contributed by atoms with van der Waals surface area (Å²) in [4.78, 5) is 31.5. The third-order valence-electron chi connectivity index (χ3n) is 4.85. The lowest BCUT2D eigenvalue weighted by Crippen LogP contribution is -2.44. The van der Waals surface area contributed by atoms with E-state index in [9.17, 15) is 22.8 Å². The third kappa shape index (κ3) is 4.87. The molecule has 8 nitrogen and oxygen atoms in total. The van der Waals surface area contributed by atoms with Crippen molar-refractivity contribution in [3.63, 3.8) is 0 Å². The summed E-state index contributed by atoms with van der Waals surface area (Å²) in [5.41, 5.74) is 0.778. The first-order chi connectivity index (χ1) is 16.2. The van der Waals surface area contributed by atoms with Gasteiger partial charge in [0.05, 0.1) is 11.4 Å². The highest BCUT2D eigenvalue weighted by atomic mass is 127. The molecule has 0 saturated carbocycles. The molecule has 2 amide bonds. The molecule has 34 heavy (non-hydrogen) atoms. The number of alkyl halides is 4.